The van der Waals surface area contributed by atoms with Crippen molar-refractivity contribution >= 4 is 34.8 Å². The first kappa shape index (κ1) is 21.4. The number of hydrogen-bond acceptors (Lipinski definition) is 8. The highest BCUT2D eigenvalue weighted by Crippen LogP contribution is 2.52. The molecule has 164 valence electrons. The van der Waals surface area contributed by atoms with Crippen LogP contribution >= 0.6 is 11.6 Å². The summed E-state index contributed by atoms with van der Waals surface area (Å²) in [6.45, 7) is 0. The summed E-state index contributed by atoms with van der Waals surface area (Å²) < 4.78 is 0. The number of carbonyl (C=O) groups excluding carboxylic acids is 3. The Morgan fingerprint density at radius 2 is 1.87 bits per heavy atom. The molecule has 0 saturated heterocycles. The van der Waals surface area contributed by atoms with E-state index in [1.165, 1.54) is 11.0 Å². The molecule has 4 unspecified atom stereocenters. The number of fused-ring (bicyclic) bond motifs is 3. The summed E-state index contributed by atoms with van der Waals surface area (Å²) >= 11 is 6.02. The Kier molecular flexibility index (Phi) is 4.69. The second-order valence-corrected chi connectivity index (χ2v) is 8.86. The summed E-state index contributed by atoms with van der Waals surface area (Å²) in [7, 11) is 3.09. The number of aromatic hydroxyl groups is 1. The van der Waals surface area contributed by atoms with Gasteiger partial charge in [0.2, 0.25) is 5.78 Å². The van der Waals surface area contributed by atoms with E-state index < -0.39 is 58.0 Å². The Balaban J connectivity index is 1.98. The smallest absolute Gasteiger partial charge is 0.255 e. The van der Waals surface area contributed by atoms with E-state index in [1.807, 2.05) is 0 Å². The number of ketones is 2. The maximum absolute atomic E-state index is 13.5. The molecule has 10 heteroatoms. The highest BCUT2D eigenvalue weighted by molar-refractivity contribution is 6.31. The van der Waals surface area contributed by atoms with E-state index in [0.29, 0.717) is 5.56 Å². The topological polar surface area (TPSA) is 161 Å². The molecule has 4 atom stereocenters. The first-order valence-electron chi connectivity index (χ1n) is 9.57. The summed E-state index contributed by atoms with van der Waals surface area (Å²) in [5.74, 6) is -6.78. The van der Waals surface area contributed by atoms with Crippen LogP contribution in [0, 0.1) is 11.8 Å². The number of halogens is 1. The molecule has 3 aliphatic rings. The lowest BCUT2D eigenvalue weighted by Crippen LogP contribution is -2.65. The second kappa shape index (κ2) is 6.81. The number of phenolic OH excluding ortho intramolecular Hbond substituents is 1. The minimum absolute atomic E-state index is 0.0145. The molecule has 3 aliphatic carbocycles. The Morgan fingerprint density at radius 1 is 1.23 bits per heavy atom. The first-order chi connectivity index (χ1) is 14.4. The van der Waals surface area contributed by atoms with Crippen molar-refractivity contribution in [2.75, 3.05) is 14.1 Å². The number of amides is 1. The normalized spacial score (nSPS) is 30.3. The van der Waals surface area contributed by atoms with Crippen LogP contribution in [-0.4, -0.2) is 68.5 Å². The minimum atomic E-state index is -2.63. The van der Waals surface area contributed by atoms with Gasteiger partial charge in [0.1, 0.15) is 22.8 Å². The zero-order valence-electron chi connectivity index (χ0n) is 16.7. The van der Waals surface area contributed by atoms with Crippen LogP contribution in [0.4, 0.5) is 0 Å². The van der Waals surface area contributed by atoms with Gasteiger partial charge in [0.15, 0.2) is 11.4 Å². The number of carbonyl (C=O) groups is 3. The number of Topliss-reactive ketones (excluding diaryl/α,β-unsaturated/α-hetero) is 2. The third kappa shape index (κ3) is 2.73. The van der Waals surface area contributed by atoms with Crippen LogP contribution in [0.5, 0.6) is 5.75 Å². The monoisotopic (exact) mass is 448 g/mol. The molecule has 4 rings (SSSR count). The van der Waals surface area contributed by atoms with Gasteiger partial charge in [-0.1, -0.05) is 11.6 Å². The molecule has 1 aromatic carbocycles. The van der Waals surface area contributed by atoms with Crippen molar-refractivity contribution in [1.29, 1.82) is 0 Å². The maximum atomic E-state index is 13.5. The van der Waals surface area contributed by atoms with E-state index in [0.717, 1.165) is 0 Å². The largest absolute Gasteiger partial charge is 0.508 e. The number of likely N-dealkylation sites (N-methyl/N-ethyl adjacent to an activating group) is 1. The number of rotatable bonds is 2. The van der Waals surface area contributed by atoms with Crippen molar-refractivity contribution < 1.29 is 34.8 Å². The maximum Gasteiger partial charge on any atom is 0.255 e. The average molecular weight is 449 g/mol. The number of aliphatic hydroxyl groups excluding tert-OH is 2. The molecule has 0 aliphatic heterocycles. The van der Waals surface area contributed by atoms with Crippen LogP contribution in [0.25, 0.3) is 5.76 Å². The zero-order valence-corrected chi connectivity index (χ0v) is 17.5. The van der Waals surface area contributed by atoms with Gasteiger partial charge in [-0.15, -0.1) is 0 Å². The summed E-state index contributed by atoms with van der Waals surface area (Å²) in [6.07, 6.45) is 0.252. The second-order valence-electron chi connectivity index (χ2n) is 8.42. The van der Waals surface area contributed by atoms with Crippen molar-refractivity contribution in [3.05, 3.63) is 45.2 Å². The highest BCUT2D eigenvalue weighted by atomic mass is 35.5. The van der Waals surface area contributed by atoms with Crippen molar-refractivity contribution in [3.63, 3.8) is 0 Å². The number of phenols is 1. The standard InChI is InChI=1S/C21H21ClN2O7/c1-24(2)15-10-5-8-3-7-4-9(22)6-11(25)12(7)16(26)13(8)18(28)21(10,31)19(29)14(17(15)27)20(23)30/h4,6,8,10,15,25-26,29,31H,3,5H2,1-2H3,(H2,23,30). The summed E-state index contributed by atoms with van der Waals surface area (Å²) in [6, 6.07) is 1.67. The lowest BCUT2D eigenvalue weighted by Gasteiger charge is -2.50. The molecule has 1 amide bonds. The number of aliphatic hydroxyl groups is 3. The molecule has 1 saturated carbocycles. The van der Waals surface area contributed by atoms with Gasteiger partial charge in [-0.05, 0) is 50.6 Å². The zero-order chi connectivity index (χ0) is 23.0. The lowest BCUT2D eigenvalue weighted by atomic mass is 9.57. The van der Waals surface area contributed by atoms with E-state index in [9.17, 15) is 34.8 Å². The van der Waals surface area contributed by atoms with Gasteiger partial charge in [0.25, 0.3) is 5.91 Å². The van der Waals surface area contributed by atoms with E-state index in [-0.39, 0.29) is 34.8 Å². The number of hydrogen-bond donors (Lipinski definition) is 5. The third-order valence-corrected chi connectivity index (χ3v) is 6.71. The highest BCUT2D eigenvalue weighted by Gasteiger charge is 2.64. The molecular formula is C21H21ClN2O7. The Bertz CT molecular complexity index is 1120. The molecule has 1 fully saturated rings. The molecule has 9 nitrogen and oxygen atoms in total. The number of nitrogens with two attached hydrogens (primary N) is 1. The Hall–Kier alpha value is -2.88. The molecule has 1 aromatic rings. The van der Waals surface area contributed by atoms with Gasteiger partial charge < -0.3 is 26.2 Å². The van der Waals surface area contributed by atoms with Gasteiger partial charge in [-0.25, -0.2) is 0 Å². The molecule has 0 aromatic heterocycles. The molecule has 0 spiro atoms. The van der Waals surface area contributed by atoms with E-state index in [2.05, 4.69) is 0 Å². The van der Waals surface area contributed by atoms with Gasteiger partial charge in [-0.3, -0.25) is 19.3 Å². The summed E-state index contributed by atoms with van der Waals surface area (Å²) in [5, 5.41) is 43.5. The van der Waals surface area contributed by atoms with Crippen molar-refractivity contribution in [2.24, 2.45) is 17.6 Å². The van der Waals surface area contributed by atoms with Crippen LogP contribution in [0.1, 0.15) is 17.5 Å². The van der Waals surface area contributed by atoms with Crippen LogP contribution in [0.2, 0.25) is 5.02 Å². The third-order valence-electron chi connectivity index (χ3n) is 6.49. The minimum Gasteiger partial charge on any atom is -0.508 e. The number of primary amides is 1. The predicted molar refractivity (Wildman–Crippen MR) is 109 cm³/mol. The van der Waals surface area contributed by atoms with Gasteiger partial charge in [0.05, 0.1) is 11.6 Å². The van der Waals surface area contributed by atoms with E-state index in [1.54, 1.807) is 20.2 Å². The summed E-state index contributed by atoms with van der Waals surface area (Å²) in [5.41, 5.74) is 2.13. The van der Waals surface area contributed by atoms with E-state index >= 15 is 0 Å². The van der Waals surface area contributed by atoms with Gasteiger partial charge in [-0.2, -0.15) is 0 Å². The van der Waals surface area contributed by atoms with Crippen LogP contribution in [0.3, 0.4) is 0 Å². The van der Waals surface area contributed by atoms with E-state index in [4.69, 9.17) is 17.3 Å². The van der Waals surface area contributed by atoms with Crippen LogP contribution < -0.4 is 5.73 Å². The molecular weight excluding hydrogens is 428 g/mol. The number of nitrogens with zero attached hydrogens (tertiary/aromatic N) is 1. The molecule has 0 bridgehead atoms. The van der Waals surface area contributed by atoms with Crippen molar-refractivity contribution in [3.8, 4) is 5.75 Å². The van der Waals surface area contributed by atoms with Crippen molar-refractivity contribution in [1.82, 2.24) is 4.90 Å². The quantitative estimate of drug-likeness (QED) is 0.411. The fraction of sp³-hybridized carbons (Fsp3) is 0.381. The molecule has 0 heterocycles. The lowest BCUT2D eigenvalue weighted by molar-refractivity contribution is -0.153. The van der Waals surface area contributed by atoms with Gasteiger partial charge in [0, 0.05) is 16.5 Å². The van der Waals surface area contributed by atoms with Crippen LogP contribution in [0.15, 0.2) is 29.0 Å². The fourth-order valence-corrected chi connectivity index (χ4v) is 5.47. The molecule has 31 heavy (non-hydrogen) atoms. The SMILES string of the molecule is CN(C)C1C(=O)C(C(N)=O)=C(O)C2(O)C(=O)C3=C(O)c4c(O)cc(Cl)cc4CC3CC12. The average Bonchev–Trinajstić information content (AvgIpc) is 2.63. The first-order valence-corrected chi connectivity index (χ1v) is 9.95. The number of benzene rings is 1. The molecule has 0 radical (unpaired) electrons. The van der Waals surface area contributed by atoms with Gasteiger partial charge >= 0.3 is 0 Å². The fourth-order valence-electron chi connectivity index (χ4n) is 5.23. The summed E-state index contributed by atoms with van der Waals surface area (Å²) in [4.78, 5) is 39.8. The molecule has 6 N–H and O–H groups in total. The van der Waals surface area contributed by atoms with Crippen molar-refractivity contribution in [2.45, 2.75) is 24.5 Å². The Labute approximate surface area is 182 Å². The Morgan fingerprint density at radius 3 is 2.45 bits per heavy atom. The predicted octanol–water partition coefficient (Wildman–Crippen LogP) is 0.617. The van der Waals surface area contributed by atoms with Crippen LogP contribution in [-0.2, 0) is 20.8 Å².